The first-order valence-corrected chi connectivity index (χ1v) is 10.6. The number of morpholine rings is 1. The Morgan fingerprint density at radius 2 is 1.94 bits per heavy atom. The molecule has 2 aromatic heterocycles. The second-order valence-corrected chi connectivity index (χ2v) is 8.21. The monoisotopic (exact) mass is 417 g/mol. The molecule has 9 heteroatoms. The molecular weight excluding hydrogens is 393 g/mol. The molecule has 5 rings (SSSR count). The molecule has 1 unspecified atom stereocenters. The van der Waals surface area contributed by atoms with Gasteiger partial charge in [0.05, 0.1) is 19.3 Å². The van der Waals surface area contributed by atoms with Gasteiger partial charge in [0.25, 0.3) is 11.8 Å². The van der Waals surface area contributed by atoms with E-state index in [0.717, 1.165) is 16.6 Å². The van der Waals surface area contributed by atoms with Gasteiger partial charge in [0, 0.05) is 43.7 Å². The predicted octanol–water partition coefficient (Wildman–Crippen LogP) is 0.220. The highest BCUT2D eigenvalue weighted by Gasteiger charge is 2.30. The van der Waals surface area contributed by atoms with Crippen molar-refractivity contribution in [1.29, 1.82) is 0 Å². The zero-order valence-corrected chi connectivity index (χ0v) is 17.7. The van der Waals surface area contributed by atoms with Gasteiger partial charge < -0.3 is 14.5 Å². The van der Waals surface area contributed by atoms with E-state index in [9.17, 15) is 9.59 Å². The van der Waals surface area contributed by atoms with Crippen molar-refractivity contribution < 1.29 is 14.3 Å². The van der Waals surface area contributed by atoms with Crippen LogP contribution in [-0.4, -0.2) is 76.9 Å². The summed E-state index contributed by atoms with van der Waals surface area (Å²) < 4.78 is 6.99. The van der Waals surface area contributed by atoms with Gasteiger partial charge in [0.1, 0.15) is 7.85 Å². The largest absolute Gasteiger partial charge is 0.378 e. The molecule has 158 valence electrons. The van der Waals surface area contributed by atoms with Crippen LogP contribution in [0, 0.1) is 0 Å². The molecule has 2 amide bonds. The lowest BCUT2D eigenvalue weighted by atomic mass is 9.91. The van der Waals surface area contributed by atoms with Crippen LogP contribution in [0.4, 0.5) is 0 Å². The molecule has 8 nitrogen and oxygen atoms in total. The molecule has 4 heterocycles. The van der Waals surface area contributed by atoms with Crippen molar-refractivity contribution in [1.82, 2.24) is 24.4 Å². The Hall–Kier alpha value is -3.20. The smallest absolute Gasteiger partial charge is 0.274 e. The fourth-order valence-electron chi connectivity index (χ4n) is 4.41. The SMILES string of the molecule is Bc1cnc2cc(C(=O)N3CCc4cc(C(=O)N5CCOCC5)ccc4C3C)nn2c1. The minimum absolute atomic E-state index is 0.0461. The van der Waals surface area contributed by atoms with Crippen molar-refractivity contribution in [2.75, 3.05) is 32.8 Å². The molecule has 2 aliphatic rings. The Balaban J connectivity index is 1.37. The Bertz CT molecular complexity index is 1170. The maximum Gasteiger partial charge on any atom is 0.274 e. The van der Waals surface area contributed by atoms with E-state index < -0.39 is 0 Å². The van der Waals surface area contributed by atoms with E-state index in [1.807, 2.05) is 49.0 Å². The standard InChI is InChI=1S/C22H24BN5O3/c1-14-18-3-2-16(21(29)26-6-8-31-9-7-26)10-15(18)4-5-27(14)22(30)19-11-20-24-12-17(23)13-28(20)25-19/h2-3,10-14H,4-9,23H2,1H3. The normalized spacial score (nSPS) is 18.8. The summed E-state index contributed by atoms with van der Waals surface area (Å²) in [7, 11) is 1.94. The summed E-state index contributed by atoms with van der Waals surface area (Å²) in [6, 6.07) is 7.49. The van der Waals surface area contributed by atoms with Gasteiger partial charge in [0.15, 0.2) is 11.3 Å². The molecule has 1 fully saturated rings. The minimum atomic E-state index is -0.102. The molecule has 2 aliphatic heterocycles. The molecule has 0 saturated carbocycles. The lowest BCUT2D eigenvalue weighted by molar-refractivity contribution is 0.0302. The lowest BCUT2D eigenvalue weighted by Gasteiger charge is -2.35. The van der Waals surface area contributed by atoms with Crippen molar-refractivity contribution in [3.63, 3.8) is 0 Å². The third kappa shape index (κ3) is 3.59. The third-order valence-electron chi connectivity index (χ3n) is 6.15. The van der Waals surface area contributed by atoms with Gasteiger partial charge in [-0.2, -0.15) is 5.10 Å². The maximum absolute atomic E-state index is 13.2. The number of amides is 2. The Labute approximate surface area is 181 Å². The Morgan fingerprint density at radius 1 is 1.13 bits per heavy atom. The Morgan fingerprint density at radius 3 is 2.74 bits per heavy atom. The number of carbonyl (C=O) groups is 2. The van der Waals surface area contributed by atoms with Gasteiger partial charge in [-0.05, 0) is 36.6 Å². The van der Waals surface area contributed by atoms with E-state index in [1.165, 1.54) is 0 Å². The lowest BCUT2D eigenvalue weighted by Crippen LogP contribution is -2.41. The van der Waals surface area contributed by atoms with Gasteiger partial charge >= 0.3 is 0 Å². The number of nitrogens with zero attached hydrogens (tertiary/aromatic N) is 5. The Kier molecular flexibility index (Phi) is 4.98. The topological polar surface area (TPSA) is 80.0 Å². The van der Waals surface area contributed by atoms with Crippen molar-refractivity contribution in [3.8, 4) is 0 Å². The average molecular weight is 417 g/mol. The summed E-state index contributed by atoms with van der Waals surface area (Å²) >= 11 is 0. The summed E-state index contributed by atoms with van der Waals surface area (Å²) in [5.41, 5.74) is 4.95. The summed E-state index contributed by atoms with van der Waals surface area (Å²) in [6.07, 6.45) is 4.34. The molecule has 0 radical (unpaired) electrons. The fourth-order valence-corrected chi connectivity index (χ4v) is 4.41. The molecule has 3 aromatic rings. The summed E-state index contributed by atoms with van der Waals surface area (Å²) in [5.74, 6) is -0.0560. The van der Waals surface area contributed by atoms with Gasteiger partial charge in [-0.15, -0.1) is 0 Å². The number of hydrogen-bond donors (Lipinski definition) is 0. The predicted molar refractivity (Wildman–Crippen MR) is 117 cm³/mol. The summed E-state index contributed by atoms with van der Waals surface area (Å²) in [6.45, 7) is 5.04. The van der Waals surface area contributed by atoms with Crippen LogP contribution in [-0.2, 0) is 11.2 Å². The number of ether oxygens (including phenoxy) is 1. The quantitative estimate of drug-likeness (QED) is 0.558. The van der Waals surface area contributed by atoms with Crippen LogP contribution in [0.15, 0.2) is 36.7 Å². The molecule has 31 heavy (non-hydrogen) atoms. The van der Waals surface area contributed by atoms with E-state index in [4.69, 9.17) is 4.74 Å². The van der Waals surface area contributed by atoms with Gasteiger partial charge in [-0.25, -0.2) is 9.50 Å². The van der Waals surface area contributed by atoms with Crippen molar-refractivity contribution in [2.45, 2.75) is 19.4 Å². The molecule has 0 bridgehead atoms. The molecule has 1 atom stereocenters. The fraction of sp³-hybridized carbons (Fsp3) is 0.364. The first-order chi connectivity index (χ1) is 15.0. The van der Waals surface area contributed by atoms with E-state index in [-0.39, 0.29) is 17.9 Å². The number of aromatic nitrogens is 3. The minimum Gasteiger partial charge on any atom is -0.378 e. The highest BCUT2D eigenvalue weighted by atomic mass is 16.5. The van der Waals surface area contributed by atoms with Crippen LogP contribution in [0.3, 0.4) is 0 Å². The van der Waals surface area contributed by atoms with E-state index in [1.54, 1.807) is 16.8 Å². The zero-order valence-electron chi connectivity index (χ0n) is 17.7. The number of hydrogen-bond acceptors (Lipinski definition) is 5. The first-order valence-electron chi connectivity index (χ1n) is 10.6. The van der Waals surface area contributed by atoms with Crippen molar-refractivity contribution in [3.05, 3.63) is 59.0 Å². The maximum atomic E-state index is 13.2. The zero-order chi connectivity index (χ0) is 21.5. The molecule has 0 spiro atoms. The van der Waals surface area contributed by atoms with Gasteiger partial charge in [0.2, 0.25) is 0 Å². The molecule has 0 N–H and O–H groups in total. The summed E-state index contributed by atoms with van der Waals surface area (Å²) in [4.78, 5) is 34.1. The summed E-state index contributed by atoms with van der Waals surface area (Å²) in [5, 5.41) is 4.43. The van der Waals surface area contributed by atoms with Crippen molar-refractivity contribution >= 4 is 30.8 Å². The third-order valence-corrected chi connectivity index (χ3v) is 6.15. The number of benzene rings is 1. The van der Waals surface area contributed by atoms with Crippen LogP contribution in [0.25, 0.3) is 5.65 Å². The number of carbonyl (C=O) groups excluding carboxylic acids is 2. The highest BCUT2D eigenvalue weighted by molar-refractivity contribution is 6.31. The molecule has 1 saturated heterocycles. The van der Waals surface area contributed by atoms with Crippen LogP contribution < -0.4 is 5.46 Å². The van der Waals surface area contributed by atoms with Gasteiger partial charge in [-0.1, -0.05) is 11.5 Å². The van der Waals surface area contributed by atoms with Crippen LogP contribution >= 0.6 is 0 Å². The second kappa shape index (κ2) is 7.81. The van der Waals surface area contributed by atoms with E-state index >= 15 is 0 Å². The van der Waals surface area contributed by atoms with E-state index in [2.05, 4.69) is 10.1 Å². The second-order valence-electron chi connectivity index (χ2n) is 8.21. The first kappa shape index (κ1) is 19.7. The highest BCUT2D eigenvalue weighted by Crippen LogP contribution is 2.31. The number of fused-ring (bicyclic) bond motifs is 2. The van der Waals surface area contributed by atoms with Crippen molar-refractivity contribution in [2.24, 2.45) is 0 Å². The molecule has 0 aliphatic carbocycles. The number of rotatable bonds is 2. The van der Waals surface area contributed by atoms with Crippen LogP contribution in [0.2, 0.25) is 0 Å². The van der Waals surface area contributed by atoms with Crippen LogP contribution in [0.5, 0.6) is 0 Å². The van der Waals surface area contributed by atoms with Crippen LogP contribution in [0.1, 0.15) is 44.9 Å². The molecule has 1 aromatic carbocycles. The molecular formula is C22H24BN5O3. The average Bonchev–Trinajstić information content (AvgIpc) is 3.22. The van der Waals surface area contributed by atoms with E-state index in [0.29, 0.717) is 56.2 Å². The van der Waals surface area contributed by atoms with Gasteiger partial charge in [-0.3, -0.25) is 9.59 Å².